The third kappa shape index (κ3) is 2.00. The number of aromatic nitrogens is 4. The normalized spacial score (nSPS) is 10.9. The van der Waals surface area contributed by atoms with Gasteiger partial charge in [0.25, 0.3) is 0 Å². The highest BCUT2D eigenvalue weighted by Gasteiger charge is 2.16. The summed E-state index contributed by atoms with van der Waals surface area (Å²) in [5.41, 5.74) is 4.28. The van der Waals surface area contributed by atoms with Crippen molar-refractivity contribution in [3.63, 3.8) is 0 Å². The van der Waals surface area contributed by atoms with E-state index in [0.29, 0.717) is 0 Å². The quantitative estimate of drug-likeness (QED) is 0.617. The molecule has 0 saturated heterocycles. The average Bonchev–Trinajstić information content (AvgIpc) is 2.96. The van der Waals surface area contributed by atoms with E-state index in [4.69, 9.17) is 0 Å². The van der Waals surface area contributed by atoms with Crippen LogP contribution in [0.3, 0.4) is 0 Å². The van der Waals surface area contributed by atoms with Crippen molar-refractivity contribution < 1.29 is 0 Å². The van der Waals surface area contributed by atoms with Crippen molar-refractivity contribution in [2.24, 2.45) is 0 Å². The van der Waals surface area contributed by atoms with Crippen molar-refractivity contribution in [1.82, 2.24) is 19.6 Å². The van der Waals surface area contributed by atoms with Crippen LogP contribution in [0, 0.1) is 0 Å². The lowest BCUT2D eigenvalue weighted by Crippen LogP contribution is -2.07. The van der Waals surface area contributed by atoms with Crippen LogP contribution in [0.15, 0.2) is 71.9 Å². The molecule has 22 heavy (non-hydrogen) atoms. The fourth-order valence-electron chi connectivity index (χ4n) is 2.56. The van der Waals surface area contributed by atoms with E-state index in [-0.39, 0.29) is 5.69 Å². The summed E-state index contributed by atoms with van der Waals surface area (Å²) < 4.78 is 1.84. The Labute approximate surface area is 125 Å². The van der Waals surface area contributed by atoms with Gasteiger partial charge < -0.3 is 4.98 Å². The Morgan fingerprint density at radius 3 is 2.55 bits per heavy atom. The molecule has 1 N–H and O–H groups in total. The highest BCUT2D eigenvalue weighted by atomic mass is 16.1. The van der Waals surface area contributed by atoms with E-state index in [1.54, 1.807) is 12.4 Å². The van der Waals surface area contributed by atoms with Gasteiger partial charge in [0.15, 0.2) is 0 Å². The first-order valence-electron chi connectivity index (χ1n) is 6.91. The van der Waals surface area contributed by atoms with Gasteiger partial charge >= 0.3 is 5.69 Å². The molecule has 0 atom stereocenters. The Morgan fingerprint density at radius 2 is 1.77 bits per heavy atom. The van der Waals surface area contributed by atoms with Gasteiger partial charge in [-0.05, 0) is 12.1 Å². The zero-order valence-electron chi connectivity index (χ0n) is 11.6. The monoisotopic (exact) mass is 288 g/mol. The van der Waals surface area contributed by atoms with Crippen LogP contribution < -0.4 is 5.69 Å². The van der Waals surface area contributed by atoms with Crippen molar-refractivity contribution in [1.29, 1.82) is 0 Å². The number of pyridine rings is 1. The van der Waals surface area contributed by atoms with Crippen molar-refractivity contribution in [3.05, 3.63) is 77.6 Å². The molecule has 3 heterocycles. The Bertz CT molecular complexity index is 982. The number of hydrogen-bond donors (Lipinski definition) is 1. The summed E-state index contributed by atoms with van der Waals surface area (Å²) in [6.45, 7) is 0. The summed E-state index contributed by atoms with van der Waals surface area (Å²) >= 11 is 0. The molecule has 106 valence electrons. The van der Waals surface area contributed by atoms with E-state index in [0.717, 1.165) is 27.9 Å². The summed E-state index contributed by atoms with van der Waals surface area (Å²) in [5, 5.41) is 4.68. The summed E-state index contributed by atoms with van der Waals surface area (Å²) in [4.78, 5) is 17.7. The zero-order chi connectivity index (χ0) is 14.9. The molecule has 0 aliphatic rings. The minimum absolute atomic E-state index is 0.360. The Morgan fingerprint density at radius 1 is 0.955 bits per heavy atom. The lowest BCUT2D eigenvalue weighted by Gasteiger charge is -2.02. The molecule has 4 aromatic rings. The van der Waals surface area contributed by atoms with Gasteiger partial charge in [0.2, 0.25) is 0 Å². The molecule has 5 nitrogen and oxygen atoms in total. The zero-order valence-corrected chi connectivity index (χ0v) is 11.6. The van der Waals surface area contributed by atoms with Gasteiger partial charge in [-0.25, -0.2) is 14.3 Å². The van der Waals surface area contributed by atoms with Crippen LogP contribution in [0.4, 0.5) is 0 Å². The van der Waals surface area contributed by atoms with Crippen molar-refractivity contribution in [2.75, 3.05) is 0 Å². The van der Waals surface area contributed by atoms with Gasteiger partial charge in [0.05, 0.1) is 5.52 Å². The topological polar surface area (TPSA) is 63.1 Å². The fraction of sp³-hybridized carbons (Fsp3) is 0. The number of rotatable bonds is 2. The summed E-state index contributed by atoms with van der Waals surface area (Å²) in [5.74, 6) is 0. The predicted molar refractivity (Wildman–Crippen MR) is 84.5 cm³/mol. The van der Waals surface area contributed by atoms with Gasteiger partial charge in [0.1, 0.15) is 5.69 Å². The number of fused-ring (bicyclic) bond motifs is 1. The van der Waals surface area contributed by atoms with Crippen molar-refractivity contribution >= 4 is 5.52 Å². The van der Waals surface area contributed by atoms with Crippen molar-refractivity contribution in [2.45, 2.75) is 0 Å². The van der Waals surface area contributed by atoms with E-state index in [9.17, 15) is 4.79 Å². The number of benzene rings is 1. The molecular weight excluding hydrogens is 276 g/mol. The second kappa shape index (κ2) is 4.96. The first-order chi connectivity index (χ1) is 10.8. The van der Waals surface area contributed by atoms with Gasteiger partial charge in [-0.3, -0.25) is 0 Å². The smallest absolute Gasteiger partial charge is 0.312 e. The lowest BCUT2D eigenvalue weighted by atomic mass is 10.0. The van der Waals surface area contributed by atoms with Crippen LogP contribution in [0.1, 0.15) is 0 Å². The van der Waals surface area contributed by atoms with Gasteiger partial charge in [-0.15, -0.1) is 0 Å². The molecule has 0 spiro atoms. The second-order valence-corrected chi connectivity index (χ2v) is 4.93. The third-order valence-corrected chi connectivity index (χ3v) is 3.55. The summed E-state index contributed by atoms with van der Waals surface area (Å²) in [6, 6.07) is 15.9. The molecule has 1 aromatic carbocycles. The van der Waals surface area contributed by atoms with E-state index in [2.05, 4.69) is 15.1 Å². The van der Waals surface area contributed by atoms with Gasteiger partial charge in [0, 0.05) is 35.3 Å². The van der Waals surface area contributed by atoms with E-state index in [1.807, 2.05) is 59.2 Å². The van der Waals surface area contributed by atoms with Crippen LogP contribution in [-0.2, 0) is 0 Å². The maximum Gasteiger partial charge on any atom is 0.344 e. The van der Waals surface area contributed by atoms with E-state index in [1.165, 1.54) is 0 Å². The van der Waals surface area contributed by atoms with Gasteiger partial charge in [-0.2, -0.15) is 5.10 Å². The molecule has 0 saturated carbocycles. The summed E-state index contributed by atoms with van der Waals surface area (Å²) in [6.07, 6.45) is 5.16. The lowest BCUT2D eigenvalue weighted by molar-refractivity contribution is 0.966. The van der Waals surface area contributed by atoms with Crippen LogP contribution >= 0.6 is 0 Å². The molecule has 0 amide bonds. The standard InChI is InChI=1S/C17H12N4O/c22-17-18-10-13(11-19-17)15-14-8-4-5-9-21(14)20-16(15)12-6-2-1-3-7-12/h1-11H,(H,18,19,22). The van der Waals surface area contributed by atoms with E-state index >= 15 is 0 Å². The van der Waals surface area contributed by atoms with Crippen molar-refractivity contribution in [3.8, 4) is 22.4 Å². The number of nitrogens with one attached hydrogen (secondary N) is 1. The van der Waals surface area contributed by atoms with Crippen LogP contribution in [0.25, 0.3) is 27.9 Å². The number of hydrogen-bond acceptors (Lipinski definition) is 3. The molecule has 0 bridgehead atoms. The minimum atomic E-state index is -0.360. The first-order valence-corrected chi connectivity index (χ1v) is 6.91. The molecule has 0 fully saturated rings. The Hall–Kier alpha value is -3.21. The molecule has 0 radical (unpaired) electrons. The van der Waals surface area contributed by atoms with Crippen LogP contribution in [0.5, 0.6) is 0 Å². The molecule has 0 aliphatic heterocycles. The van der Waals surface area contributed by atoms with Crippen LogP contribution in [0.2, 0.25) is 0 Å². The Kier molecular flexibility index (Phi) is 2.83. The number of nitrogens with zero attached hydrogens (tertiary/aromatic N) is 3. The fourth-order valence-corrected chi connectivity index (χ4v) is 2.56. The van der Waals surface area contributed by atoms with E-state index < -0.39 is 0 Å². The first kappa shape index (κ1) is 12.5. The largest absolute Gasteiger partial charge is 0.344 e. The molecule has 0 aliphatic carbocycles. The predicted octanol–water partition coefficient (Wildman–Crippen LogP) is 2.75. The average molecular weight is 288 g/mol. The summed E-state index contributed by atoms with van der Waals surface area (Å²) in [7, 11) is 0. The second-order valence-electron chi connectivity index (χ2n) is 4.93. The molecular formula is C17H12N4O. The third-order valence-electron chi connectivity index (χ3n) is 3.55. The SMILES string of the molecule is O=c1ncc(-c2c(-c3ccccc3)nn3ccccc23)c[nH]1. The maximum atomic E-state index is 11.2. The number of aromatic amines is 1. The molecule has 5 heteroatoms. The molecule has 0 unspecified atom stereocenters. The highest BCUT2D eigenvalue weighted by molar-refractivity contribution is 5.91. The van der Waals surface area contributed by atoms with Gasteiger partial charge in [-0.1, -0.05) is 36.4 Å². The maximum absolute atomic E-state index is 11.2. The number of H-pyrrole nitrogens is 1. The molecule has 3 aromatic heterocycles. The molecule has 4 rings (SSSR count). The Balaban J connectivity index is 2.06. The highest BCUT2D eigenvalue weighted by Crippen LogP contribution is 2.33. The minimum Gasteiger partial charge on any atom is -0.312 e. The van der Waals surface area contributed by atoms with Crippen LogP contribution in [-0.4, -0.2) is 19.6 Å².